The van der Waals surface area contributed by atoms with Crippen molar-refractivity contribution in [3.05, 3.63) is 0 Å². The van der Waals surface area contributed by atoms with Gasteiger partial charge in [-0.15, -0.1) is 0 Å². The summed E-state index contributed by atoms with van der Waals surface area (Å²) in [6.07, 6.45) is 7.40. The summed E-state index contributed by atoms with van der Waals surface area (Å²) in [5.41, 5.74) is 0. The lowest BCUT2D eigenvalue weighted by Crippen LogP contribution is -2.43. The molecule has 92 valence electrons. The Hall–Kier alpha value is -0.220. The summed E-state index contributed by atoms with van der Waals surface area (Å²) >= 11 is 1.99. The van der Waals surface area contributed by atoms with Crippen LogP contribution in [0.4, 0.5) is 0 Å². The van der Waals surface area contributed by atoms with Crippen LogP contribution < -0.4 is 10.6 Å². The maximum atomic E-state index is 11.7. The molecular formula is C12H22N2OS. The number of hydrogen-bond donors (Lipinski definition) is 2. The number of rotatable bonds is 4. The van der Waals surface area contributed by atoms with Gasteiger partial charge in [0.15, 0.2) is 0 Å². The molecule has 2 fully saturated rings. The third-order valence-electron chi connectivity index (χ3n) is 3.49. The van der Waals surface area contributed by atoms with Gasteiger partial charge in [0.2, 0.25) is 5.91 Å². The molecule has 16 heavy (non-hydrogen) atoms. The third-order valence-corrected chi connectivity index (χ3v) is 4.54. The SMILES string of the molecule is O=C(CNC1CCCC1)NC1CCSCC1. The highest BCUT2D eigenvalue weighted by Crippen LogP contribution is 2.18. The van der Waals surface area contributed by atoms with Crippen LogP contribution in [-0.2, 0) is 4.79 Å². The van der Waals surface area contributed by atoms with E-state index in [1.165, 1.54) is 37.2 Å². The summed E-state index contributed by atoms with van der Waals surface area (Å²) in [4.78, 5) is 11.7. The van der Waals surface area contributed by atoms with Crippen molar-refractivity contribution in [3.63, 3.8) is 0 Å². The first-order chi connectivity index (χ1) is 7.84. The fourth-order valence-electron chi connectivity index (χ4n) is 2.49. The average Bonchev–Trinajstić information content (AvgIpc) is 2.81. The van der Waals surface area contributed by atoms with Crippen LogP contribution in [0.5, 0.6) is 0 Å². The molecule has 1 aliphatic carbocycles. The molecule has 0 bridgehead atoms. The highest BCUT2D eigenvalue weighted by molar-refractivity contribution is 7.99. The number of carbonyl (C=O) groups is 1. The van der Waals surface area contributed by atoms with E-state index in [4.69, 9.17) is 0 Å². The molecule has 0 unspecified atom stereocenters. The van der Waals surface area contributed by atoms with E-state index < -0.39 is 0 Å². The molecule has 1 amide bonds. The first kappa shape index (κ1) is 12.2. The van der Waals surface area contributed by atoms with E-state index in [9.17, 15) is 4.79 Å². The summed E-state index contributed by atoms with van der Waals surface area (Å²) in [6, 6.07) is 1.02. The molecule has 4 heteroatoms. The molecule has 1 saturated heterocycles. The average molecular weight is 242 g/mol. The minimum absolute atomic E-state index is 0.184. The van der Waals surface area contributed by atoms with Crippen LogP contribution in [0.1, 0.15) is 38.5 Å². The van der Waals surface area contributed by atoms with Crippen LogP contribution >= 0.6 is 11.8 Å². The van der Waals surface area contributed by atoms with Crippen molar-refractivity contribution < 1.29 is 4.79 Å². The van der Waals surface area contributed by atoms with Crippen molar-refractivity contribution in [3.8, 4) is 0 Å². The Kier molecular flexibility index (Phi) is 4.97. The van der Waals surface area contributed by atoms with Gasteiger partial charge in [0.1, 0.15) is 0 Å². The zero-order valence-corrected chi connectivity index (χ0v) is 10.7. The van der Waals surface area contributed by atoms with E-state index in [-0.39, 0.29) is 5.91 Å². The van der Waals surface area contributed by atoms with Crippen LogP contribution in [0.3, 0.4) is 0 Å². The van der Waals surface area contributed by atoms with E-state index in [1.807, 2.05) is 11.8 Å². The van der Waals surface area contributed by atoms with Gasteiger partial charge in [-0.1, -0.05) is 12.8 Å². The van der Waals surface area contributed by atoms with Gasteiger partial charge in [-0.2, -0.15) is 11.8 Å². The van der Waals surface area contributed by atoms with Gasteiger partial charge in [-0.25, -0.2) is 0 Å². The minimum atomic E-state index is 0.184. The summed E-state index contributed by atoms with van der Waals surface area (Å²) in [7, 11) is 0. The Bertz CT molecular complexity index is 223. The second kappa shape index (κ2) is 6.50. The molecule has 0 aromatic carbocycles. The number of nitrogens with one attached hydrogen (secondary N) is 2. The maximum absolute atomic E-state index is 11.7. The van der Waals surface area contributed by atoms with Gasteiger partial charge in [0.05, 0.1) is 6.54 Å². The van der Waals surface area contributed by atoms with Crippen LogP contribution in [0.25, 0.3) is 0 Å². The van der Waals surface area contributed by atoms with Crippen molar-refractivity contribution >= 4 is 17.7 Å². The molecule has 0 atom stereocenters. The number of carbonyl (C=O) groups excluding carboxylic acids is 1. The molecule has 1 saturated carbocycles. The van der Waals surface area contributed by atoms with Gasteiger partial charge in [-0.05, 0) is 37.2 Å². The van der Waals surface area contributed by atoms with Crippen molar-refractivity contribution in [2.24, 2.45) is 0 Å². The Morgan fingerprint density at radius 1 is 1.06 bits per heavy atom. The zero-order valence-electron chi connectivity index (χ0n) is 9.84. The maximum Gasteiger partial charge on any atom is 0.234 e. The van der Waals surface area contributed by atoms with Gasteiger partial charge < -0.3 is 10.6 Å². The normalized spacial score (nSPS) is 23.5. The van der Waals surface area contributed by atoms with Gasteiger partial charge in [0, 0.05) is 12.1 Å². The third kappa shape index (κ3) is 3.98. The minimum Gasteiger partial charge on any atom is -0.352 e. The van der Waals surface area contributed by atoms with Crippen LogP contribution in [0.15, 0.2) is 0 Å². The zero-order chi connectivity index (χ0) is 11.2. The Morgan fingerprint density at radius 2 is 1.75 bits per heavy atom. The first-order valence-electron chi connectivity index (χ1n) is 6.45. The molecule has 0 aromatic heterocycles. The van der Waals surface area contributed by atoms with E-state index in [0.29, 0.717) is 18.6 Å². The predicted octanol–water partition coefficient (Wildman–Crippen LogP) is 1.53. The first-order valence-corrected chi connectivity index (χ1v) is 7.60. The Labute approximate surface area is 102 Å². The molecule has 1 heterocycles. The highest BCUT2D eigenvalue weighted by atomic mass is 32.2. The molecular weight excluding hydrogens is 220 g/mol. The standard InChI is InChI=1S/C12H22N2OS/c15-12(9-13-10-3-1-2-4-10)14-11-5-7-16-8-6-11/h10-11,13H,1-9H2,(H,14,15). The summed E-state index contributed by atoms with van der Waals surface area (Å²) in [5, 5.41) is 6.48. The Balaban J connectivity index is 1.59. The molecule has 2 rings (SSSR count). The molecule has 0 radical (unpaired) electrons. The monoisotopic (exact) mass is 242 g/mol. The fraction of sp³-hybridized carbons (Fsp3) is 0.917. The van der Waals surface area contributed by atoms with Crippen molar-refractivity contribution in [2.75, 3.05) is 18.1 Å². The van der Waals surface area contributed by atoms with E-state index in [1.54, 1.807) is 0 Å². The highest BCUT2D eigenvalue weighted by Gasteiger charge is 2.18. The van der Waals surface area contributed by atoms with Crippen molar-refractivity contribution in [2.45, 2.75) is 50.6 Å². The van der Waals surface area contributed by atoms with E-state index >= 15 is 0 Å². The van der Waals surface area contributed by atoms with Gasteiger partial charge >= 0.3 is 0 Å². The second-order valence-corrected chi connectivity index (χ2v) is 6.04. The lowest BCUT2D eigenvalue weighted by molar-refractivity contribution is -0.121. The lowest BCUT2D eigenvalue weighted by Gasteiger charge is -2.23. The fourth-order valence-corrected chi connectivity index (χ4v) is 3.59. The number of amides is 1. The smallest absolute Gasteiger partial charge is 0.234 e. The Morgan fingerprint density at radius 3 is 2.44 bits per heavy atom. The molecule has 0 spiro atoms. The van der Waals surface area contributed by atoms with Crippen molar-refractivity contribution in [1.82, 2.24) is 10.6 Å². The van der Waals surface area contributed by atoms with Crippen LogP contribution in [0.2, 0.25) is 0 Å². The quantitative estimate of drug-likeness (QED) is 0.785. The van der Waals surface area contributed by atoms with Crippen LogP contribution in [0, 0.1) is 0 Å². The van der Waals surface area contributed by atoms with E-state index in [0.717, 1.165) is 12.8 Å². The summed E-state index contributed by atoms with van der Waals surface area (Å²) in [6.45, 7) is 0.508. The number of hydrogen-bond acceptors (Lipinski definition) is 3. The topological polar surface area (TPSA) is 41.1 Å². The summed E-state index contributed by atoms with van der Waals surface area (Å²) in [5.74, 6) is 2.57. The molecule has 1 aliphatic heterocycles. The number of thioether (sulfide) groups is 1. The summed E-state index contributed by atoms with van der Waals surface area (Å²) < 4.78 is 0. The molecule has 2 N–H and O–H groups in total. The van der Waals surface area contributed by atoms with Crippen molar-refractivity contribution in [1.29, 1.82) is 0 Å². The lowest BCUT2D eigenvalue weighted by atomic mass is 10.1. The second-order valence-electron chi connectivity index (χ2n) is 4.82. The van der Waals surface area contributed by atoms with Gasteiger partial charge in [0.25, 0.3) is 0 Å². The largest absolute Gasteiger partial charge is 0.352 e. The van der Waals surface area contributed by atoms with E-state index in [2.05, 4.69) is 10.6 Å². The van der Waals surface area contributed by atoms with Crippen LogP contribution in [-0.4, -0.2) is 36.0 Å². The molecule has 2 aliphatic rings. The van der Waals surface area contributed by atoms with Gasteiger partial charge in [-0.3, -0.25) is 4.79 Å². The predicted molar refractivity (Wildman–Crippen MR) is 68.7 cm³/mol. The molecule has 3 nitrogen and oxygen atoms in total. The molecule has 0 aromatic rings.